The van der Waals surface area contributed by atoms with Crippen molar-refractivity contribution in [3.8, 4) is 11.8 Å². The van der Waals surface area contributed by atoms with Crippen molar-refractivity contribution in [2.45, 2.75) is 0 Å². The van der Waals surface area contributed by atoms with Gasteiger partial charge in [-0.3, -0.25) is 4.98 Å². The molecule has 1 heteroatoms. The molecule has 1 aromatic carbocycles. The molecular weight excluding hydrogens is 170 g/mol. The highest BCUT2D eigenvalue weighted by Crippen LogP contribution is 1.97. The Hall–Kier alpha value is -2.07. The zero-order valence-corrected chi connectivity index (χ0v) is 7.57. The van der Waals surface area contributed by atoms with E-state index < -0.39 is 0 Å². The molecule has 0 amide bonds. The van der Waals surface area contributed by atoms with Crippen molar-refractivity contribution in [3.63, 3.8) is 0 Å². The van der Waals surface area contributed by atoms with E-state index in [4.69, 9.17) is 0 Å². The molecule has 65 valence electrons. The van der Waals surface area contributed by atoms with E-state index in [1.165, 1.54) is 0 Å². The molecule has 0 unspecified atom stereocenters. The third-order valence-electron chi connectivity index (χ3n) is 1.72. The van der Waals surface area contributed by atoms with Crippen LogP contribution in [-0.4, -0.2) is 4.98 Å². The molecule has 1 radical (unpaired) electrons. The van der Waals surface area contributed by atoms with Crippen molar-refractivity contribution in [3.05, 3.63) is 66.0 Å². The van der Waals surface area contributed by atoms with Crippen LogP contribution in [0.1, 0.15) is 11.1 Å². The van der Waals surface area contributed by atoms with Crippen molar-refractivity contribution < 1.29 is 0 Å². The van der Waals surface area contributed by atoms with E-state index in [0.29, 0.717) is 0 Å². The SMILES string of the molecule is C(#Cc1ccccc1)c1[c]nccc1. The second-order valence-electron chi connectivity index (χ2n) is 2.78. The summed E-state index contributed by atoms with van der Waals surface area (Å²) in [5.74, 6) is 6.03. The van der Waals surface area contributed by atoms with Gasteiger partial charge in [0.15, 0.2) is 0 Å². The van der Waals surface area contributed by atoms with Crippen LogP contribution >= 0.6 is 0 Å². The molecule has 14 heavy (non-hydrogen) atoms. The summed E-state index contributed by atoms with van der Waals surface area (Å²) >= 11 is 0. The summed E-state index contributed by atoms with van der Waals surface area (Å²) < 4.78 is 0. The number of rotatable bonds is 0. The standard InChI is InChI=1S/C13H8N/c1-2-5-12(6-3-1)8-9-13-7-4-10-14-11-13/h1-7,10H. The molecule has 0 aliphatic rings. The molecule has 0 saturated carbocycles. The molecule has 1 heterocycles. The molecule has 1 aromatic heterocycles. The first kappa shape index (κ1) is 8.52. The summed E-state index contributed by atoms with van der Waals surface area (Å²) in [6.45, 7) is 0. The summed E-state index contributed by atoms with van der Waals surface area (Å²) in [5, 5.41) is 0. The third kappa shape index (κ3) is 2.21. The van der Waals surface area contributed by atoms with Gasteiger partial charge in [-0.2, -0.15) is 0 Å². The van der Waals surface area contributed by atoms with Gasteiger partial charge in [0.05, 0.1) is 5.56 Å². The maximum atomic E-state index is 3.87. The molecule has 1 nitrogen and oxygen atoms in total. The van der Waals surface area contributed by atoms with Crippen LogP contribution in [0.25, 0.3) is 0 Å². The Morgan fingerprint density at radius 2 is 1.79 bits per heavy atom. The fraction of sp³-hybridized carbons (Fsp3) is 0. The van der Waals surface area contributed by atoms with Gasteiger partial charge in [-0.05, 0) is 24.3 Å². The van der Waals surface area contributed by atoms with Crippen molar-refractivity contribution >= 4 is 0 Å². The number of hydrogen-bond acceptors (Lipinski definition) is 1. The molecule has 0 spiro atoms. The Morgan fingerprint density at radius 3 is 2.50 bits per heavy atom. The maximum absolute atomic E-state index is 3.87. The van der Waals surface area contributed by atoms with Gasteiger partial charge in [-0.25, -0.2) is 0 Å². The second kappa shape index (κ2) is 4.25. The summed E-state index contributed by atoms with van der Waals surface area (Å²) in [6, 6.07) is 13.6. The maximum Gasteiger partial charge on any atom is 0.105 e. The lowest BCUT2D eigenvalue weighted by Crippen LogP contribution is -1.77. The fourth-order valence-electron chi connectivity index (χ4n) is 1.06. The van der Waals surface area contributed by atoms with Crippen LogP contribution in [0, 0.1) is 18.0 Å². The van der Waals surface area contributed by atoms with Gasteiger partial charge >= 0.3 is 0 Å². The molecule has 0 bridgehead atoms. The van der Waals surface area contributed by atoms with Gasteiger partial charge in [-0.15, -0.1) is 0 Å². The lowest BCUT2D eigenvalue weighted by Gasteiger charge is -1.87. The number of benzene rings is 1. The van der Waals surface area contributed by atoms with E-state index in [1.54, 1.807) is 6.20 Å². The van der Waals surface area contributed by atoms with Crippen LogP contribution in [0.3, 0.4) is 0 Å². The Morgan fingerprint density at radius 1 is 0.929 bits per heavy atom. The smallest absolute Gasteiger partial charge is 0.105 e. The van der Waals surface area contributed by atoms with Gasteiger partial charge in [0, 0.05) is 11.8 Å². The third-order valence-corrected chi connectivity index (χ3v) is 1.72. The van der Waals surface area contributed by atoms with E-state index in [2.05, 4.69) is 23.0 Å². The van der Waals surface area contributed by atoms with Crippen molar-refractivity contribution in [1.29, 1.82) is 0 Å². The average Bonchev–Trinajstić information content (AvgIpc) is 2.29. The highest BCUT2D eigenvalue weighted by Gasteiger charge is 1.84. The van der Waals surface area contributed by atoms with Crippen LogP contribution < -0.4 is 0 Å². The lowest BCUT2D eigenvalue weighted by molar-refractivity contribution is 1.30. The second-order valence-corrected chi connectivity index (χ2v) is 2.78. The van der Waals surface area contributed by atoms with E-state index in [1.807, 2.05) is 42.5 Å². The van der Waals surface area contributed by atoms with Crippen molar-refractivity contribution in [2.24, 2.45) is 0 Å². The monoisotopic (exact) mass is 178 g/mol. The van der Waals surface area contributed by atoms with E-state index in [-0.39, 0.29) is 0 Å². The summed E-state index contributed by atoms with van der Waals surface area (Å²) in [7, 11) is 0. The fourth-order valence-corrected chi connectivity index (χ4v) is 1.06. The van der Waals surface area contributed by atoms with Gasteiger partial charge in [0.1, 0.15) is 6.20 Å². The Balaban J connectivity index is 2.24. The van der Waals surface area contributed by atoms with Crippen LogP contribution in [0.5, 0.6) is 0 Å². The molecular formula is C13H8N. The number of nitrogens with zero attached hydrogens (tertiary/aromatic N) is 1. The van der Waals surface area contributed by atoms with Crippen molar-refractivity contribution in [2.75, 3.05) is 0 Å². The first-order chi connectivity index (χ1) is 6.95. The lowest BCUT2D eigenvalue weighted by atomic mass is 10.2. The molecule has 0 saturated heterocycles. The zero-order chi connectivity index (χ0) is 9.64. The van der Waals surface area contributed by atoms with E-state index in [9.17, 15) is 0 Å². The van der Waals surface area contributed by atoms with Gasteiger partial charge in [0.25, 0.3) is 0 Å². The van der Waals surface area contributed by atoms with Gasteiger partial charge < -0.3 is 0 Å². The minimum atomic E-state index is 0.816. The number of hydrogen-bond donors (Lipinski definition) is 0. The molecule has 0 fully saturated rings. The summed E-state index contributed by atoms with van der Waals surface area (Å²) in [4.78, 5) is 3.87. The van der Waals surface area contributed by atoms with Gasteiger partial charge in [-0.1, -0.05) is 30.0 Å². The molecule has 0 aliphatic heterocycles. The predicted octanol–water partition coefficient (Wildman–Crippen LogP) is 2.28. The predicted molar refractivity (Wildman–Crippen MR) is 55.5 cm³/mol. The van der Waals surface area contributed by atoms with Crippen LogP contribution in [0.2, 0.25) is 0 Å². The van der Waals surface area contributed by atoms with Crippen LogP contribution in [0.15, 0.2) is 48.7 Å². The number of pyridine rings is 1. The van der Waals surface area contributed by atoms with E-state index >= 15 is 0 Å². The highest BCUT2D eigenvalue weighted by atomic mass is 14.6. The zero-order valence-electron chi connectivity index (χ0n) is 7.57. The average molecular weight is 178 g/mol. The summed E-state index contributed by atoms with van der Waals surface area (Å²) in [6.07, 6.45) is 4.50. The molecule has 2 aromatic rings. The van der Waals surface area contributed by atoms with Crippen LogP contribution in [-0.2, 0) is 0 Å². The van der Waals surface area contributed by atoms with Crippen molar-refractivity contribution in [1.82, 2.24) is 4.98 Å². The normalized spacial score (nSPS) is 8.86. The number of aromatic nitrogens is 1. The molecule has 0 N–H and O–H groups in total. The first-order valence-corrected chi connectivity index (χ1v) is 4.35. The topological polar surface area (TPSA) is 12.9 Å². The molecule has 0 atom stereocenters. The largest absolute Gasteiger partial charge is 0.253 e. The van der Waals surface area contributed by atoms with Crippen LogP contribution in [0.4, 0.5) is 0 Å². The Kier molecular flexibility index (Phi) is 2.59. The van der Waals surface area contributed by atoms with Gasteiger partial charge in [0.2, 0.25) is 0 Å². The first-order valence-electron chi connectivity index (χ1n) is 4.35. The highest BCUT2D eigenvalue weighted by molar-refractivity contribution is 5.40. The molecule has 0 aliphatic carbocycles. The quantitative estimate of drug-likeness (QED) is 0.564. The Bertz CT molecular complexity index is 405. The summed E-state index contributed by atoms with van der Waals surface area (Å²) in [5.41, 5.74) is 1.82. The Labute approximate surface area is 83.4 Å². The minimum absolute atomic E-state index is 0.816. The molecule has 2 rings (SSSR count). The van der Waals surface area contributed by atoms with E-state index in [0.717, 1.165) is 11.1 Å². The minimum Gasteiger partial charge on any atom is -0.253 e.